The number of benzene rings is 2. The summed E-state index contributed by atoms with van der Waals surface area (Å²) in [6, 6.07) is 18.7. The summed E-state index contributed by atoms with van der Waals surface area (Å²) in [5.74, 6) is -0.0488. The summed E-state index contributed by atoms with van der Waals surface area (Å²) in [6.07, 6.45) is 3.54. The zero-order valence-electron chi connectivity index (χ0n) is 16.6. The van der Waals surface area contributed by atoms with Gasteiger partial charge in [0.2, 0.25) is 5.91 Å². The lowest BCUT2D eigenvalue weighted by Gasteiger charge is -2.34. The van der Waals surface area contributed by atoms with Crippen molar-refractivity contribution >= 4 is 23.3 Å². The lowest BCUT2D eigenvalue weighted by Crippen LogP contribution is -2.51. The Morgan fingerprint density at radius 3 is 2.33 bits per heavy atom. The number of hydrogen-bond donors (Lipinski definition) is 2. The smallest absolute Gasteiger partial charge is 0.321 e. The molecule has 30 heavy (non-hydrogen) atoms. The zero-order valence-corrected chi connectivity index (χ0v) is 16.6. The van der Waals surface area contributed by atoms with Crippen LogP contribution in [0.3, 0.4) is 0 Å². The minimum absolute atomic E-state index is 0.0488. The molecule has 4 rings (SSSR count). The Bertz CT molecular complexity index is 982. The molecule has 2 N–H and O–H groups in total. The number of nitrogens with one attached hydrogen (secondary N) is 2. The topological polar surface area (TPSA) is 82.5 Å². The van der Waals surface area contributed by atoms with E-state index >= 15 is 0 Å². The number of aromatic nitrogens is 2. The summed E-state index contributed by atoms with van der Waals surface area (Å²) in [7, 11) is 0. The third-order valence-electron chi connectivity index (χ3n) is 4.98. The van der Waals surface area contributed by atoms with Crippen LogP contribution in [0.1, 0.15) is 0 Å². The van der Waals surface area contributed by atoms with E-state index in [1.165, 1.54) is 0 Å². The first kappa shape index (κ1) is 19.7. The Hall–Kier alpha value is -3.65. The highest BCUT2D eigenvalue weighted by Crippen LogP contribution is 2.19. The molecule has 3 amide bonds. The molecule has 1 aliphatic heterocycles. The monoisotopic (exact) mass is 404 g/mol. The van der Waals surface area contributed by atoms with E-state index < -0.39 is 0 Å². The predicted molar refractivity (Wildman–Crippen MR) is 116 cm³/mol. The summed E-state index contributed by atoms with van der Waals surface area (Å²) < 4.78 is 1.72. The number of piperazine rings is 1. The van der Waals surface area contributed by atoms with Gasteiger partial charge in [-0.15, -0.1) is 0 Å². The summed E-state index contributed by atoms with van der Waals surface area (Å²) in [6.45, 7) is 2.74. The highest BCUT2D eigenvalue weighted by atomic mass is 16.2. The second kappa shape index (κ2) is 9.23. The molecule has 1 fully saturated rings. The van der Waals surface area contributed by atoms with Gasteiger partial charge in [-0.1, -0.05) is 30.3 Å². The van der Waals surface area contributed by atoms with Gasteiger partial charge in [0.15, 0.2) is 0 Å². The molecule has 0 radical (unpaired) electrons. The van der Waals surface area contributed by atoms with Gasteiger partial charge in [-0.05, 0) is 30.3 Å². The van der Waals surface area contributed by atoms with E-state index in [0.717, 1.165) is 11.4 Å². The summed E-state index contributed by atoms with van der Waals surface area (Å²) >= 11 is 0. The third kappa shape index (κ3) is 4.84. The number of para-hydroxylation sites is 3. The van der Waals surface area contributed by atoms with Crippen LogP contribution < -0.4 is 10.6 Å². The molecule has 0 bridgehead atoms. The predicted octanol–water partition coefficient (Wildman–Crippen LogP) is 2.66. The highest BCUT2D eigenvalue weighted by molar-refractivity contribution is 5.93. The molecule has 2 heterocycles. The Balaban J connectivity index is 1.28. The van der Waals surface area contributed by atoms with Crippen molar-refractivity contribution in [3.8, 4) is 5.69 Å². The molecule has 0 unspecified atom stereocenters. The third-order valence-corrected chi connectivity index (χ3v) is 4.98. The number of hydrogen-bond acceptors (Lipinski definition) is 4. The van der Waals surface area contributed by atoms with E-state index in [1.807, 2.05) is 66.9 Å². The fraction of sp³-hybridized carbons (Fsp3) is 0.227. The Labute approximate surface area is 175 Å². The molecule has 2 aromatic carbocycles. The Morgan fingerprint density at radius 1 is 0.867 bits per heavy atom. The van der Waals surface area contributed by atoms with Gasteiger partial charge in [0.1, 0.15) is 0 Å². The van der Waals surface area contributed by atoms with Crippen molar-refractivity contribution in [2.75, 3.05) is 43.4 Å². The lowest BCUT2D eigenvalue weighted by molar-refractivity contribution is -0.117. The molecule has 0 aliphatic carbocycles. The van der Waals surface area contributed by atoms with Gasteiger partial charge in [0, 0.05) is 44.3 Å². The lowest BCUT2D eigenvalue weighted by atomic mass is 10.2. The van der Waals surface area contributed by atoms with Crippen LogP contribution in [0.25, 0.3) is 5.69 Å². The quantitative estimate of drug-likeness (QED) is 0.685. The number of rotatable bonds is 5. The molecule has 1 aliphatic rings. The molecular weight excluding hydrogens is 380 g/mol. The normalized spacial score (nSPS) is 14.3. The summed E-state index contributed by atoms with van der Waals surface area (Å²) in [5, 5.41) is 10.1. The number of amides is 3. The van der Waals surface area contributed by atoms with Crippen molar-refractivity contribution in [3.05, 3.63) is 73.1 Å². The Kier molecular flexibility index (Phi) is 6.05. The van der Waals surface area contributed by atoms with E-state index in [4.69, 9.17) is 0 Å². The second-order valence-electron chi connectivity index (χ2n) is 7.08. The van der Waals surface area contributed by atoms with Crippen molar-refractivity contribution in [2.45, 2.75) is 0 Å². The maximum absolute atomic E-state index is 12.7. The van der Waals surface area contributed by atoms with Crippen LogP contribution in [0.4, 0.5) is 16.2 Å². The van der Waals surface area contributed by atoms with Crippen molar-refractivity contribution in [2.24, 2.45) is 0 Å². The van der Waals surface area contributed by atoms with Crippen LogP contribution in [0.2, 0.25) is 0 Å². The molecule has 0 atom stereocenters. The molecule has 0 spiro atoms. The molecule has 1 aromatic heterocycles. The van der Waals surface area contributed by atoms with E-state index in [-0.39, 0.29) is 11.9 Å². The standard InChI is InChI=1S/C22H24N6O2/c29-21(24-18-7-2-1-3-8-18)17-26-13-15-27(16-14-26)22(30)25-19-9-4-5-10-20(19)28-12-6-11-23-28/h1-12H,13-17H2,(H,24,29)(H,25,30). The van der Waals surface area contributed by atoms with Crippen molar-refractivity contribution in [1.82, 2.24) is 19.6 Å². The first-order valence-electron chi connectivity index (χ1n) is 9.91. The minimum Gasteiger partial charge on any atom is -0.325 e. The fourth-order valence-corrected chi connectivity index (χ4v) is 3.42. The van der Waals surface area contributed by atoms with Crippen molar-refractivity contribution in [3.63, 3.8) is 0 Å². The maximum Gasteiger partial charge on any atom is 0.321 e. The fourth-order valence-electron chi connectivity index (χ4n) is 3.42. The molecular formula is C22H24N6O2. The molecule has 1 saturated heterocycles. The SMILES string of the molecule is O=C(CN1CCN(C(=O)Nc2ccccc2-n2cccn2)CC1)Nc1ccccc1. The van der Waals surface area contributed by atoms with Crippen LogP contribution in [0.5, 0.6) is 0 Å². The average Bonchev–Trinajstić information content (AvgIpc) is 3.30. The van der Waals surface area contributed by atoms with Crippen LogP contribution in [-0.4, -0.2) is 64.2 Å². The van der Waals surface area contributed by atoms with Crippen molar-refractivity contribution in [1.29, 1.82) is 0 Å². The van der Waals surface area contributed by atoms with Gasteiger partial charge in [-0.3, -0.25) is 9.69 Å². The minimum atomic E-state index is -0.150. The first-order chi connectivity index (χ1) is 14.7. The van der Waals surface area contributed by atoms with Gasteiger partial charge >= 0.3 is 6.03 Å². The number of nitrogens with zero attached hydrogens (tertiary/aromatic N) is 4. The number of carbonyl (C=O) groups excluding carboxylic acids is 2. The van der Waals surface area contributed by atoms with Gasteiger partial charge in [0.25, 0.3) is 0 Å². The average molecular weight is 404 g/mol. The van der Waals surface area contributed by atoms with E-state index in [0.29, 0.717) is 38.4 Å². The first-order valence-corrected chi connectivity index (χ1v) is 9.91. The van der Waals surface area contributed by atoms with Gasteiger partial charge < -0.3 is 15.5 Å². The van der Waals surface area contributed by atoms with Gasteiger partial charge in [0.05, 0.1) is 17.9 Å². The van der Waals surface area contributed by atoms with E-state index in [9.17, 15) is 9.59 Å². The summed E-state index contributed by atoms with van der Waals surface area (Å²) in [4.78, 5) is 28.8. The van der Waals surface area contributed by atoms with E-state index in [2.05, 4.69) is 20.6 Å². The van der Waals surface area contributed by atoms with Crippen LogP contribution in [0.15, 0.2) is 73.1 Å². The largest absolute Gasteiger partial charge is 0.325 e. The molecule has 3 aromatic rings. The van der Waals surface area contributed by atoms with Crippen LogP contribution in [-0.2, 0) is 4.79 Å². The number of anilines is 2. The van der Waals surface area contributed by atoms with Gasteiger partial charge in [-0.2, -0.15) is 5.10 Å². The van der Waals surface area contributed by atoms with Crippen LogP contribution >= 0.6 is 0 Å². The number of carbonyl (C=O) groups is 2. The van der Waals surface area contributed by atoms with E-state index in [1.54, 1.807) is 15.8 Å². The number of urea groups is 1. The highest BCUT2D eigenvalue weighted by Gasteiger charge is 2.23. The molecule has 0 saturated carbocycles. The molecule has 8 nitrogen and oxygen atoms in total. The molecule has 154 valence electrons. The van der Waals surface area contributed by atoms with Crippen molar-refractivity contribution < 1.29 is 9.59 Å². The summed E-state index contributed by atoms with van der Waals surface area (Å²) in [5.41, 5.74) is 2.30. The zero-order chi connectivity index (χ0) is 20.8. The molecule has 8 heteroatoms. The van der Waals surface area contributed by atoms with Gasteiger partial charge in [-0.25, -0.2) is 9.48 Å². The maximum atomic E-state index is 12.7. The van der Waals surface area contributed by atoms with Crippen LogP contribution in [0, 0.1) is 0 Å². The second-order valence-corrected chi connectivity index (χ2v) is 7.08. The Morgan fingerprint density at radius 2 is 1.60 bits per heavy atom.